The fourth-order valence-corrected chi connectivity index (χ4v) is 5.20. The Morgan fingerprint density at radius 3 is 1.48 bits per heavy atom. The molecule has 0 saturated carbocycles. The summed E-state index contributed by atoms with van der Waals surface area (Å²) < 4.78 is 11.6. The van der Waals surface area contributed by atoms with Crippen LogP contribution in [0, 0.1) is 5.92 Å². The molecular formula is C23H15Cl4O3P. The van der Waals surface area contributed by atoms with Crippen molar-refractivity contribution in [2.75, 3.05) is 6.16 Å². The third-order valence-corrected chi connectivity index (χ3v) is 6.69. The predicted octanol–water partition coefficient (Wildman–Crippen LogP) is 8.06. The lowest BCUT2D eigenvalue weighted by Crippen LogP contribution is -2.32. The Morgan fingerprint density at radius 2 is 1.10 bits per heavy atom. The Hall–Kier alpha value is -1.74. The number of benzene rings is 3. The monoisotopic (exact) mass is 510 g/mol. The van der Waals surface area contributed by atoms with Crippen molar-refractivity contribution in [1.29, 1.82) is 0 Å². The van der Waals surface area contributed by atoms with Crippen LogP contribution in [0.1, 0.15) is 32.2 Å². The third-order valence-electron chi connectivity index (χ3n) is 4.88. The number of Topliss-reactive ketones (excluding diaryl/α,β-unsaturated/α-hetero) is 2. The second-order valence-electron chi connectivity index (χ2n) is 6.73. The molecule has 0 radical (unpaired) electrons. The Morgan fingerprint density at radius 1 is 0.677 bits per heavy atom. The zero-order valence-corrected chi connectivity index (χ0v) is 19.8. The summed E-state index contributed by atoms with van der Waals surface area (Å²) in [6, 6.07) is 18.2. The van der Waals surface area contributed by atoms with E-state index in [2.05, 4.69) is 0 Å². The maximum absolute atomic E-state index is 13.7. The number of hydrogen-bond acceptors (Lipinski definition) is 3. The predicted molar refractivity (Wildman–Crippen MR) is 127 cm³/mol. The molecule has 1 unspecified atom stereocenters. The highest BCUT2D eigenvalue weighted by atomic mass is 35.5. The molecule has 3 nitrogen and oxygen atoms in total. The van der Waals surface area contributed by atoms with Crippen molar-refractivity contribution in [2.24, 2.45) is 5.92 Å². The topological polar surface area (TPSA) is 51.2 Å². The Labute approximate surface area is 201 Å². The van der Waals surface area contributed by atoms with Crippen molar-refractivity contribution < 1.29 is 14.2 Å². The van der Waals surface area contributed by atoms with E-state index in [0.29, 0.717) is 5.56 Å². The van der Waals surface area contributed by atoms with Gasteiger partial charge in [-0.2, -0.15) is 0 Å². The van der Waals surface area contributed by atoms with E-state index >= 15 is 0 Å². The van der Waals surface area contributed by atoms with Gasteiger partial charge in [-0.25, -0.2) is 0 Å². The van der Waals surface area contributed by atoms with Crippen LogP contribution in [0.25, 0.3) is 0 Å². The Balaban J connectivity index is 2.23. The average Bonchev–Trinajstić information content (AvgIpc) is 2.74. The van der Waals surface area contributed by atoms with Gasteiger partial charge in [0.05, 0.1) is 37.1 Å². The minimum absolute atomic E-state index is 0.0239. The van der Waals surface area contributed by atoms with Crippen LogP contribution in [0.4, 0.5) is 0 Å². The zero-order valence-electron chi connectivity index (χ0n) is 15.9. The highest BCUT2D eigenvalue weighted by Crippen LogP contribution is 2.39. The van der Waals surface area contributed by atoms with E-state index in [1.165, 1.54) is 24.3 Å². The normalized spacial score (nSPS) is 12.2. The maximum atomic E-state index is 13.7. The third kappa shape index (κ3) is 5.19. The number of rotatable bonds is 8. The molecule has 3 rings (SSSR count). The highest BCUT2D eigenvalue weighted by molar-refractivity contribution is 7.23. The van der Waals surface area contributed by atoms with Gasteiger partial charge in [0, 0.05) is 12.1 Å². The van der Waals surface area contributed by atoms with E-state index < -0.39 is 23.4 Å². The largest absolute Gasteiger partial charge is 0.293 e. The van der Waals surface area contributed by atoms with Gasteiger partial charge in [0.25, 0.3) is 0 Å². The van der Waals surface area contributed by atoms with Gasteiger partial charge in [0.1, 0.15) is 0 Å². The van der Waals surface area contributed by atoms with Crippen molar-refractivity contribution in [1.82, 2.24) is 0 Å². The van der Waals surface area contributed by atoms with Gasteiger partial charge in [-0.05, 0) is 29.8 Å². The minimum Gasteiger partial charge on any atom is -0.293 e. The smallest absolute Gasteiger partial charge is 0.177 e. The van der Waals surface area contributed by atoms with Crippen molar-refractivity contribution in [3.63, 3.8) is 0 Å². The molecule has 0 amide bonds. The Kier molecular flexibility index (Phi) is 8.27. The van der Waals surface area contributed by atoms with E-state index in [0.717, 1.165) is 0 Å². The van der Waals surface area contributed by atoms with Gasteiger partial charge < -0.3 is 0 Å². The molecule has 0 fully saturated rings. The highest BCUT2D eigenvalue weighted by Gasteiger charge is 2.39. The summed E-state index contributed by atoms with van der Waals surface area (Å²) in [6.07, 6.45) is 0.0241. The molecule has 158 valence electrons. The first kappa shape index (κ1) is 23.9. The van der Waals surface area contributed by atoms with Crippen LogP contribution in [0.2, 0.25) is 20.1 Å². The van der Waals surface area contributed by atoms with E-state index in [-0.39, 0.29) is 45.8 Å². The molecule has 0 aromatic heterocycles. The number of halogens is 4. The Bertz CT molecular complexity index is 1030. The first-order chi connectivity index (χ1) is 14.9. The maximum Gasteiger partial charge on any atom is 0.177 e. The minimum atomic E-state index is -1.29. The number of carbonyl (C=O) groups excluding carboxylic acids is 2. The second kappa shape index (κ2) is 10.7. The molecule has 8 heteroatoms. The van der Waals surface area contributed by atoms with E-state index in [4.69, 9.17) is 46.4 Å². The first-order valence-electron chi connectivity index (χ1n) is 9.17. The van der Waals surface area contributed by atoms with Crippen molar-refractivity contribution in [3.05, 3.63) is 104 Å². The van der Waals surface area contributed by atoms with E-state index in [1.54, 1.807) is 36.4 Å². The van der Waals surface area contributed by atoms with Gasteiger partial charge in [0.2, 0.25) is 0 Å². The van der Waals surface area contributed by atoms with Crippen LogP contribution >= 0.6 is 54.9 Å². The molecule has 0 heterocycles. The van der Waals surface area contributed by atoms with Crippen LogP contribution in [0.15, 0.2) is 66.7 Å². The molecule has 31 heavy (non-hydrogen) atoms. The second-order valence-corrected chi connectivity index (χ2v) is 8.98. The number of carbonyl (C=O) groups is 2. The lowest BCUT2D eigenvalue weighted by Gasteiger charge is -2.25. The fourth-order valence-electron chi connectivity index (χ4n) is 3.45. The van der Waals surface area contributed by atoms with Crippen LogP contribution in [-0.4, -0.2) is 17.7 Å². The molecule has 1 atom stereocenters. The van der Waals surface area contributed by atoms with Gasteiger partial charge in [-0.15, -0.1) is 0 Å². The van der Waals surface area contributed by atoms with Gasteiger partial charge in [0.15, 0.2) is 20.0 Å². The molecule has 0 aliphatic carbocycles. The lowest BCUT2D eigenvalue weighted by atomic mass is 9.77. The van der Waals surface area contributed by atoms with Crippen LogP contribution in [0.3, 0.4) is 0 Å². The lowest BCUT2D eigenvalue weighted by molar-refractivity contribution is 0.0789. The molecule has 0 N–H and O–H groups in total. The molecule has 3 aromatic rings. The molecule has 0 bridgehead atoms. The summed E-state index contributed by atoms with van der Waals surface area (Å²) in [7, 11) is -0.226. The summed E-state index contributed by atoms with van der Waals surface area (Å²) in [5.41, 5.74) is 0.718. The fraction of sp³-hybridized carbons (Fsp3) is 0.130. The molecule has 0 spiro atoms. The molecule has 0 aliphatic rings. The molecular weight excluding hydrogens is 497 g/mol. The summed E-state index contributed by atoms with van der Waals surface area (Å²) in [4.78, 5) is 27.5. The number of ketones is 2. The van der Waals surface area contributed by atoms with Gasteiger partial charge >= 0.3 is 0 Å². The number of hydrogen-bond donors (Lipinski definition) is 0. The van der Waals surface area contributed by atoms with Crippen LogP contribution < -0.4 is 0 Å². The molecule has 0 aliphatic heterocycles. The van der Waals surface area contributed by atoms with Crippen molar-refractivity contribution in [3.8, 4) is 0 Å². The van der Waals surface area contributed by atoms with Crippen LogP contribution in [-0.2, 0) is 4.57 Å². The van der Waals surface area contributed by atoms with Gasteiger partial charge in [-0.3, -0.25) is 14.2 Å². The standard InChI is InChI=1S/C23H15Cl4O3P/c24-15-8-4-9-16(25)20(15)22(28)19(14(12-31-30)13-6-2-1-3-7-13)23(29)21-17(26)10-5-11-18(21)27/h1-11,14,19H,12H2. The summed E-state index contributed by atoms with van der Waals surface area (Å²) in [5.74, 6) is -3.19. The SMILES string of the molecule is O=PCC(c1ccccc1)C(C(=O)c1c(Cl)cccc1Cl)C(=O)c1c(Cl)cccc1Cl. The molecule has 0 saturated heterocycles. The van der Waals surface area contributed by atoms with Gasteiger partial charge in [-0.1, -0.05) is 88.9 Å². The van der Waals surface area contributed by atoms with Crippen molar-refractivity contribution in [2.45, 2.75) is 5.92 Å². The van der Waals surface area contributed by atoms with E-state index in [9.17, 15) is 14.2 Å². The summed E-state index contributed by atoms with van der Waals surface area (Å²) >= 11 is 25.1. The zero-order chi connectivity index (χ0) is 22.5. The first-order valence-corrected chi connectivity index (χ1v) is 11.7. The van der Waals surface area contributed by atoms with E-state index in [1.807, 2.05) is 6.07 Å². The quantitative estimate of drug-likeness (QED) is 0.174. The van der Waals surface area contributed by atoms with Crippen LogP contribution in [0.5, 0.6) is 0 Å². The van der Waals surface area contributed by atoms with Crippen molar-refractivity contribution >= 4 is 66.4 Å². The summed E-state index contributed by atoms with van der Waals surface area (Å²) in [6.45, 7) is 0. The molecule has 3 aromatic carbocycles. The summed E-state index contributed by atoms with van der Waals surface area (Å²) in [5, 5.41) is 0.471. The average molecular weight is 512 g/mol.